The van der Waals surface area contributed by atoms with Gasteiger partial charge in [-0.3, -0.25) is 9.59 Å². The lowest BCUT2D eigenvalue weighted by Gasteiger charge is -2.36. The molecule has 1 unspecified atom stereocenters. The van der Waals surface area contributed by atoms with Crippen LogP contribution in [0.3, 0.4) is 0 Å². The van der Waals surface area contributed by atoms with Crippen LogP contribution in [0, 0.1) is 11.8 Å². The van der Waals surface area contributed by atoms with Gasteiger partial charge >= 0.3 is 5.97 Å². The molecule has 1 amide bonds. The first-order chi connectivity index (χ1) is 19.9. The Hall–Kier alpha value is -2.87. The third-order valence-electron chi connectivity index (χ3n) is 8.44. The summed E-state index contributed by atoms with van der Waals surface area (Å²) in [4.78, 5) is 31.6. The minimum absolute atomic E-state index is 0.0713. The third-order valence-corrected chi connectivity index (χ3v) is 10.6. The number of piperazine rings is 1. The lowest BCUT2D eigenvalue weighted by molar-refractivity contribution is -0.149. The van der Waals surface area contributed by atoms with Gasteiger partial charge in [-0.05, 0) is 62.1 Å². The molecular weight excluding hydrogens is 592 g/mol. The molecule has 228 valence electrons. The SMILES string of the molecule is COC(=O)[C@H]1CC[C@H](C(F)(F)c2cc(Cl)nc(N3CCN(S(=O)(=O)c4ccc(N5CC(N)CC5=O)cc4)CC3)c2)CC1. The summed E-state index contributed by atoms with van der Waals surface area (Å²) in [5.74, 6) is -4.69. The van der Waals surface area contributed by atoms with E-state index < -0.39 is 21.9 Å². The predicted octanol–water partition coefficient (Wildman–Crippen LogP) is 3.38. The molecule has 3 aliphatic rings. The van der Waals surface area contributed by atoms with Crippen molar-refractivity contribution in [1.82, 2.24) is 9.29 Å². The summed E-state index contributed by atoms with van der Waals surface area (Å²) in [6, 6.07) is 8.38. The van der Waals surface area contributed by atoms with Gasteiger partial charge < -0.3 is 20.3 Å². The molecule has 2 aliphatic heterocycles. The molecule has 1 saturated carbocycles. The van der Waals surface area contributed by atoms with Gasteiger partial charge in [-0.15, -0.1) is 0 Å². The van der Waals surface area contributed by atoms with Gasteiger partial charge in [0.05, 0.1) is 17.9 Å². The molecule has 1 aliphatic carbocycles. The van der Waals surface area contributed by atoms with Crippen molar-refractivity contribution in [3.63, 3.8) is 0 Å². The minimum atomic E-state index is -3.82. The summed E-state index contributed by atoms with van der Waals surface area (Å²) in [5.41, 5.74) is 6.21. The average molecular weight is 626 g/mol. The zero-order valence-electron chi connectivity index (χ0n) is 23.2. The second kappa shape index (κ2) is 12.0. The molecule has 2 aromatic rings. The summed E-state index contributed by atoms with van der Waals surface area (Å²) in [6.45, 7) is 1.11. The van der Waals surface area contributed by atoms with Gasteiger partial charge in [0.1, 0.15) is 11.0 Å². The first kappa shape index (κ1) is 30.6. The maximum atomic E-state index is 15.6. The Labute approximate surface area is 248 Å². The number of anilines is 2. The lowest BCUT2D eigenvalue weighted by atomic mass is 9.77. The van der Waals surface area contributed by atoms with Crippen molar-refractivity contribution in [3.05, 3.63) is 47.1 Å². The molecule has 10 nitrogen and oxygen atoms in total. The number of amides is 1. The number of methoxy groups -OCH3 is 1. The Balaban J connectivity index is 1.24. The molecule has 14 heteroatoms. The van der Waals surface area contributed by atoms with Crippen LogP contribution in [-0.2, 0) is 30.3 Å². The fraction of sp³-hybridized carbons (Fsp3) is 0.536. The highest BCUT2D eigenvalue weighted by Gasteiger charge is 2.45. The standard InChI is InChI=1S/C28H34ClF2N5O5S/c1-41-27(38)18-2-4-19(5-3-18)28(30,31)20-14-24(29)33-25(15-20)34-10-12-35(13-11-34)42(39,40)23-8-6-22(7-9-23)36-17-21(32)16-26(36)37/h6-9,14-15,18-19,21H,2-5,10-13,16-17,32H2,1H3/t18-,19-,21?. The van der Waals surface area contributed by atoms with Gasteiger partial charge in [-0.25, -0.2) is 22.2 Å². The summed E-state index contributed by atoms with van der Waals surface area (Å²) in [6.07, 6.45) is 1.29. The molecule has 3 heterocycles. The number of ether oxygens (including phenoxy) is 1. The Morgan fingerprint density at radius 1 is 1.07 bits per heavy atom. The van der Waals surface area contributed by atoms with Crippen molar-refractivity contribution in [2.24, 2.45) is 17.6 Å². The molecule has 0 spiro atoms. The van der Waals surface area contributed by atoms with E-state index in [0.29, 0.717) is 25.1 Å². The monoisotopic (exact) mass is 625 g/mol. The second-order valence-corrected chi connectivity index (χ2v) is 13.4. The van der Waals surface area contributed by atoms with Crippen molar-refractivity contribution < 1.29 is 31.5 Å². The molecule has 3 fully saturated rings. The first-order valence-corrected chi connectivity index (χ1v) is 15.8. The Morgan fingerprint density at radius 2 is 1.71 bits per heavy atom. The first-order valence-electron chi connectivity index (χ1n) is 13.9. The van der Waals surface area contributed by atoms with Crippen LogP contribution in [-0.4, -0.2) is 75.5 Å². The Morgan fingerprint density at radius 3 is 2.29 bits per heavy atom. The number of esters is 1. The number of rotatable bonds is 7. The van der Waals surface area contributed by atoms with E-state index in [1.807, 2.05) is 0 Å². The number of halogens is 3. The summed E-state index contributed by atoms with van der Waals surface area (Å²) < 4.78 is 64.0. The quantitative estimate of drug-likeness (QED) is 0.367. The van der Waals surface area contributed by atoms with Crippen LogP contribution < -0.4 is 15.5 Å². The Bertz CT molecular complexity index is 1430. The van der Waals surface area contributed by atoms with Gasteiger partial charge in [0.2, 0.25) is 15.9 Å². The van der Waals surface area contributed by atoms with Crippen LogP contribution in [0.4, 0.5) is 20.3 Å². The summed E-state index contributed by atoms with van der Waals surface area (Å²) in [5, 5.41) is -0.0713. The number of aromatic nitrogens is 1. The normalized spacial score (nSPS) is 24.2. The minimum Gasteiger partial charge on any atom is -0.469 e. The van der Waals surface area contributed by atoms with Crippen LogP contribution >= 0.6 is 11.6 Å². The van der Waals surface area contributed by atoms with Gasteiger partial charge in [0.15, 0.2) is 0 Å². The van der Waals surface area contributed by atoms with E-state index >= 15 is 8.78 Å². The number of sulfonamides is 1. The van der Waals surface area contributed by atoms with Crippen LogP contribution in [0.1, 0.15) is 37.7 Å². The van der Waals surface area contributed by atoms with Gasteiger partial charge in [-0.2, -0.15) is 4.31 Å². The number of pyridine rings is 1. The predicted molar refractivity (Wildman–Crippen MR) is 153 cm³/mol. The number of nitrogens with zero attached hydrogens (tertiary/aromatic N) is 4. The van der Waals surface area contributed by atoms with E-state index in [9.17, 15) is 18.0 Å². The lowest BCUT2D eigenvalue weighted by Crippen LogP contribution is -2.49. The topological polar surface area (TPSA) is 126 Å². The Kier molecular flexibility index (Phi) is 8.75. The van der Waals surface area contributed by atoms with Crippen molar-refractivity contribution in [3.8, 4) is 0 Å². The molecular formula is C28H34ClF2N5O5S. The van der Waals surface area contributed by atoms with E-state index in [4.69, 9.17) is 22.1 Å². The number of hydrogen-bond donors (Lipinski definition) is 1. The second-order valence-electron chi connectivity index (χ2n) is 11.1. The van der Waals surface area contributed by atoms with Crippen molar-refractivity contribution in [1.29, 1.82) is 0 Å². The summed E-state index contributed by atoms with van der Waals surface area (Å²) in [7, 11) is -2.52. The number of nitrogens with two attached hydrogens (primary N) is 1. The van der Waals surface area contributed by atoms with Gasteiger partial charge in [0, 0.05) is 62.4 Å². The molecule has 2 N–H and O–H groups in total. The van der Waals surface area contributed by atoms with Crippen LogP contribution in [0.25, 0.3) is 0 Å². The van der Waals surface area contributed by atoms with E-state index in [0.717, 1.165) is 0 Å². The number of hydrogen-bond acceptors (Lipinski definition) is 8. The zero-order valence-corrected chi connectivity index (χ0v) is 24.8. The molecule has 1 aromatic heterocycles. The largest absolute Gasteiger partial charge is 0.469 e. The van der Waals surface area contributed by atoms with Crippen molar-refractivity contribution >= 4 is 45.0 Å². The third kappa shape index (κ3) is 6.10. The highest BCUT2D eigenvalue weighted by atomic mass is 35.5. The summed E-state index contributed by atoms with van der Waals surface area (Å²) >= 11 is 6.19. The fourth-order valence-electron chi connectivity index (χ4n) is 6.02. The van der Waals surface area contributed by atoms with Crippen LogP contribution in [0.5, 0.6) is 0 Å². The highest BCUT2D eigenvalue weighted by molar-refractivity contribution is 7.89. The number of carbonyl (C=O) groups is 2. The van der Waals surface area contributed by atoms with E-state index in [1.54, 1.807) is 21.9 Å². The zero-order chi connectivity index (χ0) is 30.2. The molecule has 0 bridgehead atoms. The van der Waals surface area contributed by atoms with E-state index in [1.165, 1.54) is 35.7 Å². The maximum Gasteiger partial charge on any atom is 0.308 e. The molecule has 1 atom stereocenters. The van der Waals surface area contributed by atoms with Crippen LogP contribution in [0.2, 0.25) is 5.15 Å². The number of alkyl halides is 2. The molecule has 1 aromatic carbocycles. The van der Waals surface area contributed by atoms with Gasteiger partial charge in [-0.1, -0.05) is 11.6 Å². The molecule has 42 heavy (non-hydrogen) atoms. The van der Waals surface area contributed by atoms with E-state index in [2.05, 4.69) is 4.98 Å². The van der Waals surface area contributed by atoms with Crippen LogP contribution in [0.15, 0.2) is 41.3 Å². The fourth-order valence-corrected chi connectivity index (χ4v) is 7.65. The van der Waals surface area contributed by atoms with Crippen molar-refractivity contribution in [2.45, 2.75) is 49.0 Å². The number of benzene rings is 1. The number of carbonyl (C=O) groups excluding carboxylic acids is 2. The maximum absolute atomic E-state index is 15.6. The smallest absolute Gasteiger partial charge is 0.308 e. The molecule has 0 radical (unpaired) electrons. The van der Waals surface area contributed by atoms with E-state index in [-0.39, 0.29) is 90.7 Å². The molecule has 5 rings (SSSR count). The average Bonchev–Trinajstić information content (AvgIpc) is 3.34. The van der Waals surface area contributed by atoms with Gasteiger partial charge in [0.25, 0.3) is 5.92 Å². The molecule has 2 saturated heterocycles. The van der Waals surface area contributed by atoms with Crippen molar-refractivity contribution in [2.75, 3.05) is 49.6 Å². The highest BCUT2D eigenvalue weighted by Crippen LogP contribution is 2.46.